The van der Waals surface area contributed by atoms with Crippen LogP contribution in [0.4, 0.5) is 17.2 Å². The highest BCUT2D eigenvalue weighted by molar-refractivity contribution is 7.19. The predicted octanol–water partition coefficient (Wildman–Crippen LogP) is 6.78. The Hall–Kier alpha value is -4.04. The van der Waals surface area contributed by atoms with Gasteiger partial charge < -0.3 is 10.5 Å². The van der Waals surface area contributed by atoms with Gasteiger partial charge in [-0.3, -0.25) is 5.10 Å². The van der Waals surface area contributed by atoms with Gasteiger partial charge in [0.15, 0.2) is 17.3 Å². The Bertz CT molecular complexity index is 1380. The Morgan fingerprint density at radius 3 is 2.45 bits per heavy atom. The summed E-state index contributed by atoms with van der Waals surface area (Å²) in [7, 11) is 0. The molecule has 7 nitrogen and oxygen atoms in total. The topological polar surface area (TPSA) is 102 Å². The van der Waals surface area contributed by atoms with Gasteiger partial charge in [0.1, 0.15) is 11.4 Å². The molecule has 5 rings (SSSR count). The van der Waals surface area contributed by atoms with E-state index >= 15 is 0 Å². The number of thiazole rings is 1. The normalized spacial score (nSPS) is 11.4. The van der Waals surface area contributed by atoms with Crippen LogP contribution >= 0.6 is 11.3 Å². The summed E-state index contributed by atoms with van der Waals surface area (Å²) in [6.45, 7) is 1.97. The summed E-state index contributed by atoms with van der Waals surface area (Å²) in [5, 5.41) is 16.9. The van der Waals surface area contributed by atoms with E-state index < -0.39 is 0 Å². The van der Waals surface area contributed by atoms with E-state index in [4.69, 9.17) is 10.5 Å². The summed E-state index contributed by atoms with van der Waals surface area (Å²) in [6.07, 6.45) is 0. The lowest BCUT2D eigenvalue weighted by Gasteiger charge is -2.08. The van der Waals surface area contributed by atoms with Crippen molar-refractivity contribution in [3.8, 4) is 22.8 Å². The van der Waals surface area contributed by atoms with Crippen molar-refractivity contribution in [1.29, 1.82) is 0 Å². The van der Waals surface area contributed by atoms with Crippen LogP contribution in [-0.4, -0.2) is 15.2 Å². The third kappa shape index (κ3) is 3.76. The van der Waals surface area contributed by atoms with Crippen LogP contribution in [0.15, 0.2) is 83.0 Å². The van der Waals surface area contributed by atoms with Gasteiger partial charge in [0, 0.05) is 5.56 Å². The maximum Gasteiger partial charge on any atom is 0.174 e. The molecule has 0 aliphatic heterocycles. The van der Waals surface area contributed by atoms with E-state index in [0.717, 1.165) is 20.8 Å². The molecule has 0 fully saturated rings. The number of rotatable bonds is 5. The van der Waals surface area contributed by atoms with Crippen LogP contribution in [0.1, 0.15) is 5.01 Å². The highest BCUT2D eigenvalue weighted by Crippen LogP contribution is 2.43. The first-order valence-electron chi connectivity index (χ1n) is 9.63. The maximum atomic E-state index is 6.21. The van der Waals surface area contributed by atoms with Crippen LogP contribution in [0, 0.1) is 6.92 Å². The molecule has 2 heterocycles. The van der Waals surface area contributed by atoms with Crippen LogP contribution in [-0.2, 0) is 0 Å². The molecular formula is C23H18N6OS. The minimum atomic E-state index is 0.280. The second kappa shape index (κ2) is 8.00. The van der Waals surface area contributed by atoms with Crippen molar-refractivity contribution in [2.75, 3.05) is 5.73 Å². The number of anilines is 1. The molecule has 0 radical (unpaired) electrons. The van der Waals surface area contributed by atoms with E-state index in [9.17, 15) is 0 Å². The monoisotopic (exact) mass is 426 g/mol. The Morgan fingerprint density at radius 1 is 0.935 bits per heavy atom. The number of H-pyrrole nitrogens is 1. The smallest absolute Gasteiger partial charge is 0.174 e. The van der Waals surface area contributed by atoms with Crippen molar-refractivity contribution in [3.63, 3.8) is 0 Å². The quantitative estimate of drug-likeness (QED) is 0.302. The molecule has 0 spiro atoms. The number of benzene rings is 3. The van der Waals surface area contributed by atoms with Gasteiger partial charge in [-0.05, 0) is 31.2 Å². The van der Waals surface area contributed by atoms with E-state index in [1.54, 1.807) is 11.3 Å². The molecule has 0 bridgehead atoms. The summed E-state index contributed by atoms with van der Waals surface area (Å²) in [4.78, 5) is 4.57. The van der Waals surface area contributed by atoms with E-state index in [-0.39, 0.29) is 5.82 Å². The average molecular weight is 427 g/mol. The standard InChI is InChI=1S/C23H18N6OS/c1-14-25-18-13-12-17(21(22(18)31-14)30-16-10-6-3-7-11-16)26-28-20-19(27-29-23(20)24)15-8-4-2-5-9-15/h2-13H,1H3,(H3,24,27,29). The van der Waals surface area contributed by atoms with E-state index in [0.29, 0.717) is 28.6 Å². The lowest BCUT2D eigenvalue weighted by atomic mass is 10.1. The second-order valence-corrected chi connectivity index (χ2v) is 8.01. The number of aryl methyl sites for hydroxylation is 1. The van der Waals surface area contributed by atoms with Gasteiger partial charge in [-0.15, -0.1) is 21.6 Å². The van der Waals surface area contributed by atoms with E-state index in [1.165, 1.54) is 0 Å². The molecule has 5 aromatic rings. The van der Waals surface area contributed by atoms with Gasteiger partial charge >= 0.3 is 0 Å². The van der Waals surface area contributed by atoms with Gasteiger partial charge in [0.25, 0.3) is 0 Å². The fourth-order valence-corrected chi connectivity index (χ4v) is 4.11. The number of nitrogens with zero attached hydrogens (tertiary/aromatic N) is 4. The molecule has 0 unspecified atom stereocenters. The third-order valence-electron chi connectivity index (χ3n) is 4.65. The first-order chi connectivity index (χ1) is 15.2. The molecule has 152 valence electrons. The zero-order valence-electron chi connectivity index (χ0n) is 16.6. The predicted molar refractivity (Wildman–Crippen MR) is 123 cm³/mol. The van der Waals surface area contributed by atoms with Crippen molar-refractivity contribution in [2.24, 2.45) is 10.2 Å². The van der Waals surface area contributed by atoms with Crippen LogP contribution < -0.4 is 10.5 Å². The van der Waals surface area contributed by atoms with Crippen LogP contribution in [0.5, 0.6) is 11.5 Å². The highest BCUT2D eigenvalue weighted by atomic mass is 32.1. The molecule has 3 aromatic carbocycles. The lowest BCUT2D eigenvalue weighted by Crippen LogP contribution is -1.86. The number of ether oxygens (including phenoxy) is 1. The van der Waals surface area contributed by atoms with Gasteiger partial charge in [-0.2, -0.15) is 5.10 Å². The number of azo groups is 1. The summed E-state index contributed by atoms with van der Waals surface area (Å²) in [5.41, 5.74) is 9.63. The second-order valence-electron chi connectivity index (χ2n) is 6.81. The fourth-order valence-electron chi connectivity index (χ4n) is 3.21. The number of aromatic amines is 1. The number of nitrogens with two attached hydrogens (primary N) is 1. The molecule has 0 atom stereocenters. The number of para-hydroxylation sites is 1. The molecule has 0 saturated carbocycles. The van der Waals surface area contributed by atoms with E-state index in [2.05, 4.69) is 25.4 Å². The van der Waals surface area contributed by atoms with Gasteiger partial charge in [0.05, 0.1) is 20.9 Å². The SMILES string of the molecule is Cc1nc2ccc(N=Nc3c(N)n[nH]c3-c3ccccc3)c(Oc3ccccc3)c2s1. The zero-order chi connectivity index (χ0) is 21.2. The number of nitrogens with one attached hydrogen (secondary N) is 1. The molecule has 2 aromatic heterocycles. The summed E-state index contributed by atoms with van der Waals surface area (Å²) >= 11 is 1.56. The van der Waals surface area contributed by atoms with Crippen molar-refractivity contribution >= 4 is 38.7 Å². The summed E-state index contributed by atoms with van der Waals surface area (Å²) in [6, 6.07) is 23.1. The van der Waals surface area contributed by atoms with Gasteiger partial charge in [-0.25, -0.2) is 4.98 Å². The van der Waals surface area contributed by atoms with Crippen LogP contribution in [0.3, 0.4) is 0 Å². The Labute approximate surface area is 182 Å². The van der Waals surface area contributed by atoms with Gasteiger partial charge in [0.2, 0.25) is 0 Å². The lowest BCUT2D eigenvalue weighted by molar-refractivity contribution is 0.490. The fraction of sp³-hybridized carbons (Fsp3) is 0.0435. The Morgan fingerprint density at radius 2 is 1.68 bits per heavy atom. The number of nitrogen functional groups attached to an aromatic ring is 1. The summed E-state index contributed by atoms with van der Waals surface area (Å²) in [5.74, 6) is 1.61. The number of hydrogen-bond donors (Lipinski definition) is 2. The molecule has 0 aliphatic rings. The molecule has 8 heteroatoms. The molecule has 3 N–H and O–H groups in total. The molecule has 0 saturated heterocycles. The largest absolute Gasteiger partial charge is 0.453 e. The maximum absolute atomic E-state index is 6.21. The van der Waals surface area contributed by atoms with Crippen molar-refractivity contribution < 1.29 is 4.74 Å². The molecule has 0 aliphatic carbocycles. The third-order valence-corrected chi connectivity index (χ3v) is 5.63. The van der Waals surface area contributed by atoms with Crippen molar-refractivity contribution in [2.45, 2.75) is 6.92 Å². The summed E-state index contributed by atoms with van der Waals surface area (Å²) < 4.78 is 7.13. The van der Waals surface area contributed by atoms with Gasteiger partial charge in [-0.1, -0.05) is 48.5 Å². The van der Waals surface area contributed by atoms with Crippen molar-refractivity contribution in [3.05, 3.63) is 77.8 Å². The molecular weight excluding hydrogens is 408 g/mol. The minimum Gasteiger partial charge on any atom is -0.453 e. The highest BCUT2D eigenvalue weighted by Gasteiger charge is 2.16. The zero-order valence-corrected chi connectivity index (χ0v) is 17.4. The van der Waals surface area contributed by atoms with Crippen molar-refractivity contribution in [1.82, 2.24) is 15.2 Å². The molecule has 31 heavy (non-hydrogen) atoms. The van der Waals surface area contributed by atoms with E-state index in [1.807, 2.05) is 79.7 Å². The number of aromatic nitrogens is 3. The first kappa shape index (κ1) is 19.0. The number of hydrogen-bond acceptors (Lipinski definition) is 7. The Kier molecular flexibility index (Phi) is 4.89. The Balaban J connectivity index is 1.59. The van der Waals surface area contributed by atoms with Crippen LogP contribution in [0.2, 0.25) is 0 Å². The molecule has 0 amide bonds. The first-order valence-corrected chi connectivity index (χ1v) is 10.4. The minimum absolute atomic E-state index is 0.280. The average Bonchev–Trinajstić information content (AvgIpc) is 3.36. The van der Waals surface area contributed by atoms with Crippen LogP contribution in [0.25, 0.3) is 21.5 Å². The number of fused-ring (bicyclic) bond motifs is 1.